The minimum Gasteiger partial charge on any atom is -0.393 e. The molecule has 0 aromatic heterocycles. The van der Waals surface area contributed by atoms with E-state index < -0.39 is 0 Å². The van der Waals surface area contributed by atoms with Crippen LogP contribution in [0.1, 0.15) is 40.5 Å². The average molecular weight is 168 g/mol. The molecule has 2 atom stereocenters. The molecule has 0 radical (unpaired) electrons. The molecule has 0 saturated carbocycles. The van der Waals surface area contributed by atoms with Crippen molar-refractivity contribution >= 4 is 0 Å². The van der Waals surface area contributed by atoms with Gasteiger partial charge in [-0.05, 0) is 25.7 Å². The van der Waals surface area contributed by atoms with E-state index in [0.29, 0.717) is 11.8 Å². The van der Waals surface area contributed by atoms with E-state index in [2.05, 4.69) is 27.7 Å². The normalized spacial score (nSPS) is 31.5. The lowest BCUT2D eigenvalue weighted by Gasteiger charge is -2.30. The molecule has 12 heavy (non-hydrogen) atoms. The number of aliphatic hydroxyl groups is 1. The summed E-state index contributed by atoms with van der Waals surface area (Å²) in [5, 5.41) is 9.61. The van der Waals surface area contributed by atoms with Crippen LogP contribution in [-0.4, -0.2) is 11.2 Å². The monoisotopic (exact) mass is 168 g/mol. The molecule has 0 bridgehead atoms. The maximum Gasteiger partial charge on any atom is 0.0605 e. The van der Waals surface area contributed by atoms with Crippen LogP contribution in [0.4, 0.5) is 0 Å². The fourth-order valence-electron chi connectivity index (χ4n) is 2.08. The lowest BCUT2D eigenvalue weighted by molar-refractivity contribution is 0.114. The third kappa shape index (κ3) is 1.71. The summed E-state index contributed by atoms with van der Waals surface area (Å²) in [5.74, 6) is 1.02. The molecule has 0 fully saturated rings. The van der Waals surface area contributed by atoms with E-state index in [4.69, 9.17) is 0 Å². The van der Waals surface area contributed by atoms with Crippen LogP contribution in [0.2, 0.25) is 0 Å². The molecule has 1 aliphatic carbocycles. The summed E-state index contributed by atoms with van der Waals surface area (Å²) in [6.07, 6.45) is 1.94. The molecule has 0 aromatic carbocycles. The first-order valence-electron chi connectivity index (χ1n) is 4.91. The SMILES string of the molecule is CC1=C(C(C)C)CCC(O)C1C. The molecule has 70 valence electrons. The number of hydrogen-bond acceptors (Lipinski definition) is 1. The highest BCUT2D eigenvalue weighted by Gasteiger charge is 2.24. The van der Waals surface area contributed by atoms with Gasteiger partial charge in [0.05, 0.1) is 6.10 Å². The van der Waals surface area contributed by atoms with Crippen LogP contribution in [0.3, 0.4) is 0 Å². The Morgan fingerprint density at radius 2 is 2.00 bits per heavy atom. The quantitative estimate of drug-likeness (QED) is 0.597. The van der Waals surface area contributed by atoms with Crippen LogP contribution >= 0.6 is 0 Å². The van der Waals surface area contributed by atoms with Crippen molar-refractivity contribution in [3.8, 4) is 0 Å². The Balaban J connectivity index is 2.85. The molecule has 1 aliphatic rings. The number of rotatable bonds is 1. The van der Waals surface area contributed by atoms with E-state index in [1.165, 1.54) is 5.57 Å². The molecule has 1 nitrogen and oxygen atoms in total. The molecule has 0 saturated heterocycles. The molecule has 0 aliphatic heterocycles. The Labute approximate surface area is 75.5 Å². The molecule has 0 spiro atoms. The van der Waals surface area contributed by atoms with Crippen molar-refractivity contribution in [2.75, 3.05) is 0 Å². The minimum absolute atomic E-state index is 0.104. The first kappa shape index (κ1) is 9.79. The van der Waals surface area contributed by atoms with E-state index in [1.807, 2.05) is 0 Å². The molecular formula is C11H20O. The minimum atomic E-state index is -0.104. The van der Waals surface area contributed by atoms with Gasteiger partial charge in [0.25, 0.3) is 0 Å². The van der Waals surface area contributed by atoms with E-state index in [0.717, 1.165) is 12.8 Å². The van der Waals surface area contributed by atoms with E-state index >= 15 is 0 Å². The Kier molecular flexibility index (Phi) is 2.94. The fourth-order valence-corrected chi connectivity index (χ4v) is 2.08. The molecule has 2 unspecified atom stereocenters. The van der Waals surface area contributed by atoms with Gasteiger partial charge in [-0.1, -0.05) is 31.9 Å². The fraction of sp³-hybridized carbons (Fsp3) is 0.818. The zero-order valence-electron chi connectivity index (χ0n) is 8.59. The van der Waals surface area contributed by atoms with Crippen LogP contribution in [0.5, 0.6) is 0 Å². The zero-order valence-corrected chi connectivity index (χ0v) is 8.59. The summed E-state index contributed by atoms with van der Waals surface area (Å²) >= 11 is 0. The second kappa shape index (κ2) is 3.61. The molecule has 0 aromatic rings. The Morgan fingerprint density at radius 1 is 1.42 bits per heavy atom. The molecule has 0 amide bonds. The molecule has 0 heterocycles. The Hall–Kier alpha value is -0.300. The standard InChI is InChI=1S/C11H20O/c1-7(2)10-5-6-11(12)9(4)8(10)3/h7,9,11-12H,5-6H2,1-4H3. The van der Waals surface area contributed by atoms with Crippen LogP contribution in [0, 0.1) is 11.8 Å². The summed E-state index contributed by atoms with van der Waals surface area (Å²) in [5.41, 5.74) is 2.98. The van der Waals surface area contributed by atoms with Crippen molar-refractivity contribution in [2.24, 2.45) is 11.8 Å². The van der Waals surface area contributed by atoms with Gasteiger partial charge >= 0.3 is 0 Å². The highest BCUT2D eigenvalue weighted by Crippen LogP contribution is 2.33. The summed E-state index contributed by atoms with van der Waals surface area (Å²) in [6.45, 7) is 8.77. The van der Waals surface area contributed by atoms with Crippen LogP contribution < -0.4 is 0 Å². The van der Waals surface area contributed by atoms with Crippen molar-refractivity contribution in [3.63, 3.8) is 0 Å². The van der Waals surface area contributed by atoms with Crippen molar-refractivity contribution in [3.05, 3.63) is 11.1 Å². The number of hydrogen-bond donors (Lipinski definition) is 1. The summed E-state index contributed by atoms with van der Waals surface area (Å²) in [7, 11) is 0. The van der Waals surface area contributed by atoms with E-state index in [9.17, 15) is 5.11 Å². The van der Waals surface area contributed by atoms with Crippen LogP contribution in [-0.2, 0) is 0 Å². The van der Waals surface area contributed by atoms with Gasteiger partial charge in [-0.3, -0.25) is 0 Å². The van der Waals surface area contributed by atoms with Crippen LogP contribution in [0.25, 0.3) is 0 Å². The van der Waals surface area contributed by atoms with Gasteiger partial charge in [0.1, 0.15) is 0 Å². The lowest BCUT2D eigenvalue weighted by Crippen LogP contribution is -2.25. The van der Waals surface area contributed by atoms with Gasteiger partial charge < -0.3 is 5.11 Å². The van der Waals surface area contributed by atoms with E-state index in [-0.39, 0.29) is 6.10 Å². The molecule has 1 N–H and O–H groups in total. The van der Waals surface area contributed by atoms with Gasteiger partial charge in [-0.25, -0.2) is 0 Å². The van der Waals surface area contributed by atoms with Crippen LogP contribution in [0.15, 0.2) is 11.1 Å². The smallest absolute Gasteiger partial charge is 0.0605 e. The molecule has 1 heteroatoms. The first-order chi connectivity index (χ1) is 5.54. The van der Waals surface area contributed by atoms with E-state index in [1.54, 1.807) is 5.57 Å². The predicted molar refractivity (Wildman–Crippen MR) is 51.9 cm³/mol. The maximum atomic E-state index is 9.61. The first-order valence-corrected chi connectivity index (χ1v) is 4.91. The zero-order chi connectivity index (χ0) is 9.30. The number of allylic oxidation sites excluding steroid dienone is 1. The highest BCUT2D eigenvalue weighted by atomic mass is 16.3. The second-order valence-corrected chi connectivity index (χ2v) is 4.26. The third-order valence-electron chi connectivity index (χ3n) is 3.17. The van der Waals surface area contributed by atoms with Crippen molar-refractivity contribution in [1.29, 1.82) is 0 Å². The third-order valence-corrected chi connectivity index (χ3v) is 3.17. The van der Waals surface area contributed by atoms with Gasteiger partial charge in [0, 0.05) is 5.92 Å². The van der Waals surface area contributed by atoms with Crippen molar-refractivity contribution in [1.82, 2.24) is 0 Å². The lowest BCUT2D eigenvalue weighted by atomic mass is 9.79. The van der Waals surface area contributed by atoms with Gasteiger partial charge in [-0.2, -0.15) is 0 Å². The van der Waals surface area contributed by atoms with Crippen molar-refractivity contribution < 1.29 is 5.11 Å². The average Bonchev–Trinajstić information content (AvgIpc) is 2.00. The number of aliphatic hydroxyl groups excluding tert-OH is 1. The Bertz CT molecular complexity index is 191. The van der Waals surface area contributed by atoms with Gasteiger partial charge in [0.2, 0.25) is 0 Å². The topological polar surface area (TPSA) is 20.2 Å². The molecular weight excluding hydrogens is 148 g/mol. The predicted octanol–water partition coefficient (Wildman–Crippen LogP) is 2.75. The van der Waals surface area contributed by atoms with Gasteiger partial charge in [0.15, 0.2) is 0 Å². The summed E-state index contributed by atoms with van der Waals surface area (Å²) < 4.78 is 0. The summed E-state index contributed by atoms with van der Waals surface area (Å²) in [4.78, 5) is 0. The largest absolute Gasteiger partial charge is 0.393 e. The maximum absolute atomic E-state index is 9.61. The van der Waals surface area contributed by atoms with Crippen molar-refractivity contribution in [2.45, 2.75) is 46.6 Å². The molecule has 1 rings (SSSR count). The van der Waals surface area contributed by atoms with Gasteiger partial charge in [-0.15, -0.1) is 0 Å². The second-order valence-electron chi connectivity index (χ2n) is 4.26. The summed E-state index contributed by atoms with van der Waals surface area (Å²) in [6, 6.07) is 0. The Morgan fingerprint density at radius 3 is 2.50 bits per heavy atom. The highest BCUT2D eigenvalue weighted by molar-refractivity contribution is 5.20.